The van der Waals surface area contributed by atoms with Crippen LogP contribution in [0.2, 0.25) is 0 Å². The third kappa shape index (κ3) is 3.76. The van der Waals surface area contributed by atoms with Crippen LogP contribution in [-0.2, 0) is 11.2 Å². The van der Waals surface area contributed by atoms with Crippen LogP contribution in [0.4, 0.5) is 4.79 Å². The molecule has 1 aliphatic heterocycles. The van der Waals surface area contributed by atoms with E-state index in [2.05, 4.69) is 38.8 Å². The van der Waals surface area contributed by atoms with Gasteiger partial charge in [0.05, 0.1) is 10.2 Å². The number of halogens is 1. The summed E-state index contributed by atoms with van der Waals surface area (Å²) in [6.45, 7) is 2.46. The number of carbonyl (C=O) groups is 2. The normalized spacial score (nSPS) is 13.4. The molecule has 6 nitrogen and oxygen atoms in total. The second kappa shape index (κ2) is 7.26. The summed E-state index contributed by atoms with van der Waals surface area (Å²) < 4.78 is 11.9. The second-order valence-corrected chi connectivity index (χ2v) is 5.49. The van der Waals surface area contributed by atoms with Gasteiger partial charge in [-0.15, -0.1) is 6.42 Å². The molecule has 7 heteroatoms. The SMILES string of the molecule is C#CCOc1c(I)cc(CC2=NC(=O)NC2=O)cc1OCC. The zero-order valence-electron chi connectivity index (χ0n) is 11.8. The van der Waals surface area contributed by atoms with Crippen molar-refractivity contribution in [2.45, 2.75) is 13.3 Å². The zero-order chi connectivity index (χ0) is 16.1. The molecule has 0 aliphatic carbocycles. The molecule has 0 spiro atoms. The maximum atomic E-state index is 11.6. The molecular weight excluding hydrogens is 399 g/mol. The topological polar surface area (TPSA) is 77.0 Å². The molecule has 2 rings (SSSR count). The van der Waals surface area contributed by atoms with Crippen molar-refractivity contribution in [3.8, 4) is 23.8 Å². The number of ether oxygens (including phenoxy) is 2. The smallest absolute Gasteiger partial charge is 0.348 e. The fourth-order valence-corrected chi connectivity index (χ4v) is 2.75. The number of urea groups is 1. The highest BCUT2D eigenvalue weighted by molar-refractivity contribution is 14.1. The minimum Gasteiger partial charge on any atom is -0.490 e. The van der Waals surface area contributed by atoms with E-state index in [1.165, 1.54) is 0 Å². The summed E-state index contributed by atoms with van der Waals surface area (Å²) in [4.78, 5) is 26.3. The van der Waals surface area contributed by atoms with E-state index in [1.54, 1.807) is 6.07 Å². The van der Waals surface area contributed by atoms with Gasteiger partial charge in [0.1, 0.15) is 12.3 Å². The predicted molar refractivity (Wildman–Crippen MR) is 89.3 cm³/mol. The number of hydrogen-bond donors (Lipinski definition) is 1. The molecule has 1 heterocycles. The van der Waals surface area contributed by atoms with Gasteiger partial charge >= 0.3 is 6.03 Å². The molecule has 0 radical (unpaired) electrons. The van der Waals surface area contributed by atoms with Crippen molar-refractivity contribution in [2.75, 3.05) is 13.2 Å². The molecule has 0 atom stereocenters. The van der Waals surface area contributed by atoms with Gasteiger partial charge in [0.25, 0.3) is 5.91 Å². The number of aliphatic imine (C=N–C) groups is 1. The van der Waals surface area contributed by atoms with E-state index in [9.17, 15) is 9.59 Å². The molecule has 0 unspecified atom stereocenters. The molecule has 22 heavy (non-hydrogen) atoms. The molecule has 1 N–H and O–H groups in total. The standard InChI is InChI=1S/C15H13IN2O4/c1-3-5-22-13-10(16)6-9(8-12(13)21-4-2)7-11-14(19)18-15(20)17-11/h1,6,8H,4-5,7H2,2H3,(H,18,19,20). The minimum absolute atomic E-state index is 0.138. The fraction of sp³-hybridized carbons (Fsp3) is 0.267. The van der Waals surface area contributed by atoms with Crippen LogP contribution in [0.15, 0.2) is 17.1 Å². The molecule has 0 aromatic heterocycles. The average molecular weight is 412 g/mol. The van der Waals surface area contributed by atoms with Crippen LogP contribution in [-0.4, -0.2) is 30.9 Å². The molecule has 1 aliphatic rings. The molecule has 0 saturated heterocycles. The average Bonchev–Trinajstić information content (AvgIpc) is 2.76. The Balaban J connectivity index is 2.30. The number of imide groups is 1. The van der Waals surface area contributed by atoms with Crippen molar-refractivity contribution in [2.24, 2.45) is 4.99 Å². The van der Waals surface area contributed by atoms with E-state index >= 15 is 0 Å². The maximum Gasteiger partial charge on any atom is 0.348 e. The Morgan fingerprint density at radius 1 is 1.36 bits per heavy atom. The highest BCUT2D eigenvalue weighted by atomic mass is 127. The Morgan fingerprint density at radius 2 is 2.14 bits per heavy atom. The van der Waals surface area contributed by atoms with Crippen molar-refractivity contribution in [3.63, 3.8) is 0 Å². The van der Waals surface area contributed by atoms with Crippen LogP contribution in [0, 0.1) is 15.9 Å². The van der Waals surface area contributed by atoms with Gasteiger partial charge in [-0.05, 0) is 47.2 Å². The summed E-state index contributed by atoms with van der Waals surface area (Å²) in [6.07, 6.45) is 5.45. The number of amides is 3. The predicted octanol–water partition coefficient (Wildman–Crippen LogP) is 1.94. The summed E-state index contributed by atoms with van der Waals surface area (Å²) >= 11 is 2.11. The Bertz CT molecular complexity index is 692. The van der Waals surface area contributed by atoms with Gasteiger partial charge < -0.3 is 9.47 Å². The van der Waals surface area contributed by atoms with Gasteiger partial charge in [0, 0.05) is 6.42 Å². The lowest BCUT2D eigenvalue weighted by Gasteiger charge is -2.14. The van der Waals surface area contributed by atoms with Crippen molar-refractivity contribution < 1.29 is 19.1 Å². The monoisotopic (exact) mass is 412 g/mol. The van der Waals surface area contributed by atoms with Gasteiger partial charge in [0.2, 0.25) is 0 Å². The maximum absolute atomic E-state index is 11.6. The molecular formula is C15H13IN2O4. The summed E-state index contributed by atoms with van der Waals surface area (Å²) in [6, 6.07) is 2.97. The molecule has 0 bridgehead atoms. The molecule has 0 saturated carbocycles. The van der Waals surface area contributed by atoms with Crippen molar-refractivity contribution in [1.82, 2.24) is 5.32 Å². The first-order valence-electron chi connectivity index (χ1n) is 6.49. The van der Waals surface area contributed by atoms with Crippen LogP contribution in [0.1, 0.15) is 12.5 Å². The van der Waals surface area contributed by atoms with Gasteiger partial charge in [0.15, 0.2) is 11.5 Å². The zero-order valence-corrected chi connectivity index (χ0v) is 14.0. The van der Waals surface area contributed by atoms with E-state index in [1.807, 2.05) is 13.0 Å². The number of nitrogens with zero attached hydrogens (tertiary/aromatic N) is 1. The second-order valence-electron chi connectivity index (χ2n) is 4.33. The highest BCUT2D eigenvalue weighted by Gasteiger charge is 2.23. The first-order valence-corrected chi connectivity index (χ1v) is 7.57. The van der Waals surface area contributed by atoms with Crippen LogP contribution in [0.25, 0.3) is 0 Å². The molecule has 1 aromatic carbocycles. The Labute approximate surface area is 141 Å². The fourth-order valence-electron chi connectivity index (χ4n) is 1.92. The Kier molecular flexibility index (Phi) is 5.38. The van der Waals surface area contributed by atoms with E-state index < -0.39 is 11.9 Å². The number of benzene rings is 1. The number of rotatable bonds is 6. The van der Waals surface area contributed by atoms with E-state index in [-0.39, 0.29) is 18.7 Å². The molecule has 0 fully saturated rings. The van der Waals surface area contributed by atoms with Crippen LogP contribution < -0.4 is 14.8 Å². The number of terminal acetylenes is 1. The van der Waals surface area contributed by atoms with Gasteiger partial charge in [-0.25, -0.2) is 4.79 Å². The van der Waals surface area contributed by atoms with Crippen molar-refractivity contribution >= 4 is 40.2 Å². The van der Waals surface area contributed by atoms with Gasteiger partial charge in [-0.2, -0.15) is 4.99 Å². The lowest BCUT2D eigenvalue weighted by molar-refractivity contribution is -0.113. The summed E-state index contributed by atoms with van der Waals surface area (Å²) in [7, 11) is 0. The van der Waals surface area contributed by atoms with E-state index in [0.29, 0.717) is 18.1 Å². The quantitative estimate of drug-likeness (QED) is 0.573. The largest absolute Gasteiger partial charge is 0.490 e. The first-order chi connectivity index (χ1) is 10.5. The first kappa shape index (κ1) is 16.3. The van der Waals surface area contributed by atoms with Gasteiger partial charge in [-0.3, -0.25) is 10.1 Å². The third-order valence-corrected chi connectivity index (χ3v) is 3.56. The molecule has 3 amide bonds. The van der Waals surface area contributed by atoms with Crippen LogP contribution >= 0.6 is 22.6 Å². The minimum atomic E-state index is -0.631. The number of carbonyl (C=O) groups excluding carboxylic acids is 2. The summed E-state index contributed by atoms with van der Waals surface area (Å²) in [5.41, 5.74) is 0.977. The van der Waals surface area contributed by atoms with Crippen molar-refractivity contribution in [1.29, 1.82) is 0 Å². The number of hydrogen-bond acceptors (Lipinski definition) is 4. The Morgan fingerprint density at radius 3 is 2.73 bits per heavy atom. The third-order valence-electron chi connectivity index (χ3n) is 2.76. The van der Waals surface area contributed by atoms with Crippen molar-refractivity contribution in [3.05, 3.63) is 21.3 Å². The lowest BCUT2D eigenvalue weighted by Crippen LogP contribution is -2.26. The Hall–Kier alpha value is -2.08. The molecule has 114 valence electrons. The number of nitrogens with one attached hydrogen (secondary N) is 1. The lowest BCUT2D eigenvalue weighted by atomic mass is 10.1. The van der Waals surface area contributed by atoms with Crippen LogP contribution in [0.5, 0.6) is 11.5 Å². The molecule has 1 aromatic rings. The van der Waals surface area contributed by atoms with E-state index in [0.717, 1.165) is 9.13 Å². The summed E-state index contributed by atoms with van der Waals surface area (Å²) in [5, 5.41) is 2.12. The van der Waals surface area contributed by atoms with Crippen LogP contribution in [0.3, 0.4) is 0 Å². The summed E-state index contributed by atoms with van der Waals surface area (Å²) in [5.74, 6) is 3.05. The van der Waals surface area contributed by atoms with E-state index in [4.69, 9.17) is 15.9 Å². The highest BCUT2D eigenvalue weighted by Crippen LogP contribution is 2.34. The van der Waals surface area contributed by atoms with Gasteiger partial charge in [-0.1, -0.05) is 5.92 Å².